The van der Waals surface area contributed by atoms with Gasteiger partial charge >= 0.3 is 0 Å². The Labute approximate surface area is 127 Å². The van der Waals surface area contributed by atoms with Gasteiger partial charge in [-0.3, -0.25) is 0 Å². The Balaban J connectivity index is 2.20. The van der Waals surface area contributed by atoms with Crippen LogP contribution >= 0.6 is 23.8 Å². The maximum atomic E-state index is 13.2. The van der Waals surface area contributed by atoms with Crippen LogP contribution in [0.15, 0.2) is 36.4 Å². The first kappa shape index (κ1) is 14.8. The van der Waals surface area contributed by atoms with Crippen molar-refractivity contribution in [3.63, 3.8) is 0 Å². The van der Waals surface area contributed by atoms with Crippen LogP contribution in [0.5, 0.6) is 5.75 Å². The van der Waals surface area contributed by atoms with Gasteiger partial charge in [-0.05, 0) is 36.8 Å². The van der Waals surface area contributed by atoms with Crippen molar-refractivity contribution in [2.75, 3.05) is 0 Å². The van der Waals surface area contributed by atoms with Crippen molar-refractivity contribution < 1.29 is 9.13 Å². The van der Waals surface area contributed by atoms with Crippen LogP contribution < -0.4 is 10.5 Å². The number of ether oxygens (including phenoxy) is 1. The quantitative estimate of drug-likeness (QED) is 0.867. The highest BCUT2D eigenvalue weighted by Gasteiger charge is 2.07. The van der Waals surface area contributed by atoms with E-state index in [1.807, 2.05) is 19.1 Å². The van der Waals surface area contributed by atoms with E-state index in [2.05, 4.69) is 0 Å². The molecule has 0 aromatic heterocycles. The molecule has 0 saturated carbocycles. The molecule has 2 nitrogen and oxygen atoms in total. The molecule has 2 aromatic carbocycles. The van der Waals surface area contributed by atoms with Crippen LogP contribution in [0.25, 0.3) is 0 Å². The molecule has 0 heterocycles. The van der Waals surface area contributed by atoms with Gasteiger partial charge in [-0.1, -0.05) is 36.0 Å². The van der Waals surface area contributed by atoms with Crippen LogP contribution in [0.3, 0.4) is 0 Å². The van der Waals surface area contributed by atoms with Gasteiger partial charge in [-0.15, -0.1) is 0 Å². The lowest BCUT2D eigenvalue weighted by Crippen LogP contribution is -2.09. The average Bonchev–Trinajstić information content (AvgIpc) is 2.41. The van der Waals surface area contributed by atoms with Gasteiger partial charge in [0.25, 0.3) is 0 Å². The minimum Gasteiger partial charge on any atom is -0.489 e. The fraction of sp³-hybridized carbons (Fsp3) is 0.133. The summed E-state index contributed by atoms with van der Waals surface area (Å²) in [6.07, 6.45) is 0. The van der Waals surface area contributed by atoms with Gasteiger partial charge in [0.05, 0.1) is 0 Å². The minimum absolute atomic E-state index is 0.179. The van der Waals surface area contributed by atoms with E-state index < -0.39 is 0 Å². The lowest BCUT2D eigenvalue weighted by Gasteiger charge is -2.11. The Hall–Kier alpha value is -1.65. The highest BCUT2D eigenvalue weighted by atomic mass is 35.5. The molecule has 104 valence electrons. The first-order valence-corrected chi connectivity index (χ1v) is 6.73. The predicted molar refractivity (Wildman–Crippen MR) is 82.8 cm³/mol. The van der Waals surface area contributed by atoms with Gasteiger partial charge < -0.3 is 10.5 Å². The zero-order valence-electron chi connectivity index (χ0n) is 10.8. The molecule has 0 saturated heterocycles. The van der Waals surface area contributed by atoms with Gasteiger partial charge in [0.1, 0.15) is 23.2 Å². The van der Waals surface area contributed by atoms with E-state index in [9.17, 15) is 4.39 Å². The standard InChI is InChI=1S/C15H13ClFNOS/c1-9-2-3-10(15(18)20)7-14(9)19-8-11-6-12(17)4-5-13(11)16/h2-7H,8H2,1H3,(H2,18,20). The van der Waals surface area contributed by atoms with Crippen molar-refractivity contribution in [1.82, 2.24) is 0 Å². The van der Waals surface area contributed by atoms with Crippen molar-refractivity contribution in [2.45, 2.75) is 13.5 Å². The van der Waals surface area contributed by atoms with Crippen LogP contribution in [0.2, 0.25) is 5.02 Å². The number of hydrogen-bond acceptors (Lipinski definition) is 2. The van der Waals surface area contributed by atoms with Crippen LogP contribution in [0, 0.1) is 12.7 Å². The van der Waals surface area contributed by atoms with Crippen molar-refractivity contribution >= 4 is 28.8 Å². The molecule has 0 radical (unpaired) electrons. The summed E-state index contributed by atoms with van der Waals surface area (Å²) in [6, 6.07) is 9.65. The van der Waals surface area contributed by atoms with E-state index in [4.69, 9.17) is 34.3 Å². The maximum Gasteiger partial charge on any atom is 0.123 e. The van der Waals surface area contributed by atoms with E-state index in [-0.39, 0.29) is 12.4 Å². The molecule has 0 aliphatic rings. The van der Waals surface area contributed by atoms with Gasteiger partial charge in [-0.25, -0.2) is 4.39 Å². The number of thiocarbonyl (C=S) groups is 1. The van der Waals surface area contributed by atoms with Crippen molar-refractivity contribution in [3.8, 4) is 5.75 Å². The van der Waals surface area contributed by atoms with E-state index in [1.54, 1.807) is 6.07 Å². The van der Waals surface area contributed by atoms with Crippen LogP contribution in [-0.2, 0) is 6.61 Å². The first-order chi connectivity index (χ1) is 9.47. The monoisotopic (exact) mass is 309 g/mol. The molecule has 0 unspecified atom stereocenters. The summed E-state index contributed by atoms with van der Waals surface area (Å²) in [5, 5.41) is 0.467. The number of nitrogens with two attached hydrogens (primary N) is 1. The summed E-state index contributed by atoms with van der Waals surface area (Å²) in [7, 11) is 0. The molecule has 5 heteroatoms. The first-order valence-electron chi connectivity index (χ1n) is 5.94. The van der Waals surface area contributed by atoms with E-state index >= 15 is 0 Å². The van der Waals surface area contributed by atoms with Gasteiger partial charge in [0.2, 0.25) is 0 Å². The number of hydrogen-bond donors (Lipinski definition) is 1. The Morgan fingerprint density at radius 2 is 2.05 bits per heavy atom. The molecular weight excluding hydrogens is 297 g/mol. The SMILES string of the molecule is Cc1ccc(C(N)=S)cc1OCc1cc(F)ccc1Cl. The van der Waals surface area contributed by atoms with Crippen LogP contribution in [0.4, 0.5) is 4.39 Å². The topological polar surface area (TPSA) is 35.2 Å². The van der Waals surface area contributed by atoms with Crippen LogP contribution in [0.1, 0.15) is 16.7 Å². The van der Waals surface area contributed by atoms with Gasteiger partial charge in [0, 0.05) is 16.1 Å². The Morgan fingerprint density at radius 3 is 2.75 bits per heavy atom. The second-order valence-electron chi connectivity index (χ2n) is 4.37. The van der Waals surface area contributed by atoms with E-state index in [0.29, 0.717) is 21.3 Å². The molecule has 2 rings (SSSR count). The third-order valence-corrected chi connectivity index (χ3v) is 3.47. The second kappa shape index (κ2) is 6.20. The Morgan fingerprint density at radius 1 is 1.30 bits per heavy atom. The molecule has 0 atom stereocenters. The fourth-order valence-electron chi connectivity index (χ4n) is 1.72. The zero-order valence-corrected chi connectivity index (χ0v) is 12.4. The smallest absolute Gasteiger partial charge is 0.123 e. The van der Waals surface area contributed by atoms with E-state index in [0.717, 1.165) is 11.1 Å². The summed E-state index contributed by atoms with van der Waals surface area (Å²) in [4.78, 5) is 0.304. The third-order valence-electron chi connectivity index (χ3n) is 2.86. The maximum absolute atomic E-state index is 13.2. The third kappa shape index (κ3) is 3.46. The summed E-state index contributed by atoms with van der Waals surface area (Å²) < 4.78 is 18.9. The normalized spacial score (nSPS) is 10.3. The highest BCUT2D eigenvalue weighted by molar-refractivity contribution is 7.80. The number of halogens is 2. The van der Waals surface area contributed by atoms with Crippen molar-refractivity contribution in [2.24, 2.45) is 5.73 Å². The lowest BCUT2D eigenvalue weighted by atomic mass is 10.1. The average molecular weight is 310 g/mol. The number of benzene rings is 2. The molecule has 0 fully saturated rings. The summed E-state index contributed by atoms with van der Waals surface area (Å²) >= 11 is 10.9. The molecule has 2 aromatic rings. The highest BCUT2D eigenvalue weighted by Crippen LogP contribution is 2.23. The number of rotatable bonds is 4. The van der Waals surface area contributed by atoms with Gasteiger partial charge in [-0.2, -0.15) is 0 Å². The summed E-state index contributed by atoms with van der Waals surface area (Å²) in [5.41, 5.74) is 7.85. The molecule has 0 bridgehead atoms. The molecule has 0 aliphatic carbocycles. The van der Waals surface area contributed by atoms with Crippen molar-refractivity contribution in [1.29, 1.82) is 0 Å². The van der Waals surface area contributed by atoms with Gasteiger partial charge in [0.15, 0.2) is 0 Å². The second-order valence-corrected chi connectivity index (χ2v) is 5.22. The molecule has 2 N–H and O–H groups in total. The Kier molecular flexibility index (Phi) is 4.57. The van der Waals surface area contributed by atoms with Crippen LogP contribution in [-0.4, -0.2) is 4.99 Å². The lowest BCUT2D eigenvalue weighted by molar-refractivity contribution is 0.303. The molecular formula is C15H13ClFNOS. The minimum atomic E-state index is -0.346. The predicted octanol–water partition coefficient (Wildman–Crippen LogP) is 4.00. The zero-order chi connectivity index (χ0) is 14.7. The molecule has 20 heavy (non-hydrogen) atoms. The summed E-state index contributed by atoms with van der Waals surface area (Å²) in [6.45, 7) is 2.09. The molecule has 0 amide bonds. The van der Waals surface area contributed by atoms with E-state index in [1.165, 1.54) is 18.2 Å². The largest absolute Gasteiger partial charge is 0.489 e. The van der Waals surface area contributed by atoms with Crippen molar-refractivity contribution in [3.05, 3.63) is 63.9 Å². The molecule has 0 spiro atoms. The molecule has 0 aliphatic heterocycles. The summed E-state index contributed by atoms with van der Waals surface area (Å²) in [5.74, 6) is 0.303. The Bertz CT molecular complexity index is 660. The fourth-order valence-corrected chi connectivity index (χ4v) is 2.02. The number of aryl methyl sites for hydroxylation is 1.